The van der Waals surface area contributed by atoms with E-state index >= 15 is 0 Å². The molecule has 1 aliphatic carbocycles. The number of halogens is 2. The molecule has 21 heavy (non-hydrogen) atoms. The zero-order valence-electron chi connectivity index (χ0n) is 11.7. The molecule has 0 bridgehead atoms. The van der Waals surface area contributed by atoms with Crippen LogP contribution < -0.4 is 0 Å². The van der Waals surface area contributed by atoms with Gasteiger partial charge in [0.15, 0.2) is 23.2 Å². The molecule has 1 N–H and O–H groups in total. The van der Waals surface area contributed by atoms with E-state index in [0.717, 1.165) is 29.9 Å². The number of benzene rings is 1. The number of fused-ring (bicyclic) bond motifs is 1. The highest BCUT2D eigenvalue weighted by Gasteiger charge is 2.35. The Hall–Kier alpha value is -1.75. The summed E-state index contributed by atoms with van der Waals surface area (Å²) >= 11 is 1.38. The SMILES string of the molecule is CC1(C)CCc2sc(-c3cc(F)c(O)c(F)c3)cc2C1=O. The molecule has 5 heteroatoms. The van der Waals surface area contributed by atoms with Gasteiger partial charge in [-0.25, -0.2) is 8.78 Å². The third kappa shape index (κ3) is 2.25. The van der Waals surface area contributed by atoms with Gasteiger partial charge in [-0.3, -0.25) is 4.79 Å². The molecule has 0 unspecified atom stereocenters. The summed E-state index contributed by atoms with van der Waals surface area (Å²) < 4.78 is 26.9. The molecule has 0 amide bonds. The van der Waals surface area contributed by atoms with Crippen LogP contribution in [0.5, 0.6) is 5.75 Å². The highest BCUT2D eigenvalue weighted by Crippen LogP contribution is 2.42. The highest BCUT2D eigenvalue weighted by atomic mass is 32.1. The monoisotopic (exact) mass is 308 g/mol. The number of phenolic OH excluding ortho intramolecular Hbond substituents is 1. The fourth-order valence-corrected chi connectivity index (χ4v) is 3.70. The van der Waals surface area contributed by atoms with Gasteiger partial charge in [0.2, 0.25) is 0 Å². The van der Waals surface area contributed by atoms with Gasteiger partial charge in [0.25, 0.3) is 0 Å². The molecule has 1 aliphatic rings. The van der Waals surface area contributed by atoms with Gasteiger partial charge >= 0.3 is 0 Å². The van der Waals surface area contributed by atoms with E-state index in [9.17, 15) is 13.6 Å². The number of aryl methyl sites for hydroxylation is 1. The molecule has 110 valence electrons. The van der Waals surface area contributed by atoms with Gasteiger partial charge in [0.05, 0.1) is 0 Å². The Morgan fingerprint density at radius 1 is 1.19 bits per heavy atom. The molecular weight excluding hydrogens is 294 g/mol. The fraction of sp³-hybridized carbons (Fsp3) is 0.312. The van der Waals surface area contributed by atoms with Gasteiger partial charge in [-0.15, -0.1) is 11.3 Å². The van der Waals surface area contributed by atoms with Crippen LogP contribution in [0.1, 0.15) is 35.5 Å². The minimum atomic E-state index is -0.997. The number of hydrogen-bond acceptors (Lipinski definition) is 3. The number of thiophene rings is 1. The smallest absolute Gasteiger partial charge is 0.187 e. The van der Waals surface area contributed by atoms with Crippen molar-refractivity contribution >= 4 is 17.1 Å². The Morgan fingerprint density at radius 3 is 2.43 bits per heavy atom. The lowest BCUT2D eigenvalue weighted by molar-refractivity contribution is 0.0813. The normalized spacial score (nSPS) is 16.9. The molecule has 0 spiro atoms. The van der Waals surface area contributed by atoms with Gasteiger partial charge in [0, 0.05) is 20.7 Å². The second-order valence-corrected chi connectivity index (χ2v) is 7.09. The quantitative estimate of drug-likeness (QED) is 0.839. The van der Waals surface area contributed by atoms with E-state index in [-0.39, 0.29) is 5.78 Å². The van der Waals surface area contributed by atoms with Crippen molar-refractivity contribution in [1.29, 1.82) is 0 Å². The summed E-state index contributed by atoms with van der Waals surface area (Å²) in [6.07, 6.45) is 1.57. The Morgan fingerprint density at radius 2 is 1.81 bits per heavy atom. The second-order valence-electron chi connectivity index (χ2n) is 5.95. The molecule has 3 rings (SSSR count). The van der Waals surface area contributed by atoms with E-state index in [2.05, 4.69) is 0 Å². The van der Waals surface area contributed by atoms with Crippen molar-refractivity contribution in [2.75, 3.05) is 0 Å². The lowest BCUT2D eigenvalue weighted by Crippen LogP contribution is -2.29. The van der Waals surface area contributed by atoms with Crippen LogP contribution in [0.3, 0.4) is 0 Å². The van der Waals surface area contributed by atoms with E-state index in [1.165, 1.54) is 11.3 Å². The number of ketones is 1. The Kier molecular flexibility index (Phi) is 3.13. The van der Waals surface area contributed by atoms with Crippen molar-refractivity contribution in [1.82, 2.24) is 0 Å². The number of Topliss-reactive ketones (excluding diaryl/α,β-unsaturated/α-hetero) is 1. The van der Waals surface area contributed by atoms with Gasteiger partial charge in [-0.1, -0.05) is 13.8 Å². The molecule has 2 nitrogen and oxygen atoms in total. The summed E-state index contributed by atoms with van der Waals surface area (Å²) in [4.78, 5) is 14.0. The zero-order valence-corrected chi connectivity index (χ0v) is 12.5. The average molecular weight is 308 g/mol. The van der Waals surface area contributed by atoms with Crippen LogP contribution in [-0.2, 0) is 6.42 Å². The van der Waals surface area contributed by atoms with Crippen molar-refractivity contribution in [3.8, 4) is 16.2 Å². The Balaban J connectivity index is 2.09. The first-order valence-corrected chi connectivity index (χ1v) is 7.47. The number of rotatable bonds is 1. The number of carbonyl (C=O) groups excluding carboxylic acids is 1. The van der Waals surface area contributed by atoms with Crippen molar-refractivity contribution < 1.29 is 18.7 Å². The summed E-state index contributed by atoms with van der Waals surface area (Å²) in [5, 5.41) is 9.15. The summed E-state index contributed by atoms with van der Waals surface area (Å²) in [6, 6.07) is 3.88. The Bertz CT molecular complexity index is 724. The van der Waals surface area contributed by atoms with Crippen molar-refractivity contribution in [3.05, 3.63) is 40.3 Å². The van der Waals surface area contributed by atoms with Crippen molar-refractivity contribution in [2.24, 2.45) is 5.41 Å². The molecule has 0 fully saturated rings. The largest absolute Gasteiger partial charge is 0.503 e. The molecule has 1 aromatic carbocycles. The molecule has 0 radical (unpaired) electrons. The van der Waals surface area contributed by atoms with Gasteiger partial charge in [-0.2, -0.15) is 0 Å². The van der Waals surface area contributed by atoms with Crippen LogP contribution >= 0.6 is 11.3 Å². The molecule has 1 aromatic heterocycles. The van der Waals surface area contributed by atoms with Gasteiger partial charge < -0.3 is 5.11 Å². The maximum absolute atomic E-state index is 13.5. The molecule has 0 saturated heterocycles. The minimum Gasteiger partial charge on any atom is -0.503 e. The maximum atomic E-state index is 13.5. The summed E-state index contributed by atoms with van der Waals surface area (Å²) in [7, 11) is 0. The highest BCUT2D eigenvalue weighted by molar-refractivity contribution is 7.15. The predicted molar refractivity (Wildman–Crippen MR) is 77.8 cm³/mol. The van der Waals surface area contributed by atoms with E-state index in [1.54, 1.807) is 6.07 Å². The lowest BCUT2D eigenvalue weighted by Gasteiger charge is -2.27. The van der Waals surface area contributed by atoms with Crippen molar-refractivity contribution in [2.45, 2.75) is 26.7 Å². The molecule has 2 aromatic rings. The molecule has 0 atom stereocenters. The molecule has 0 aliphatic heterocycles. The minimum absolute atomic E-state index is 0.0750. The number of aromatic hydroxyl groups is 1. The lowest BCUT2D eigenvalue weighted by atomic mass is 9.76. The van der Waals surface area contributed by atoms with Crippen LogP contribution in [0.2, 0.25) is 0 Å². The first-order valence-electron chi connectivity index (χ1n) is 6.65. The summed E-state index contributed by atoms with van der Waals surface area (Å²) in [6.45, 7) is 3.82. The molecular formula is C16H14F2O2S. The second kappa shape index (κ2) is 4.63. The van der Waals surface area contributed by atoms with Crippen LogP contribution in [0.15, 0.2) is 18.2 Å². The average Bonchev–Trinajstić information content (AvgIpc) is 2.85. The van der Waals surface area contributed by atoms with Crippen LogP contribution in [0.25, 0.3) is 10.4 Å². The van der Waals surface area contributed by atoms with Crippen LogP contribution in [0, 0.1) is 17.0 Å². The summed E-state index contributed by atoms with van der Waals surface area (Å²) in [5.74, 6) is -2.89. The van der Waals surface area contributed by atoms with E-state index in [1.807, 2.05) is 13.8 Å². The molecule has 0 saturated carbocycles. The standard InChI is InChI=1S/C16H14F2O2S/c1-16(2)4-3-12-9(15(16)20)7-13(21-12)8-5-10(17)14(19)11(18)6-8/h5-7,19H,3-4H2,1-2H3. The summed E-state index contributed by atoms with van der Waals surface area (Å²) in [5.41, 5.74) is 0.601. The predicted octanol–water partition coefficient (Wildman–Crippen LogP) is 4.55. The van der Waals surface area contributed by atoms with Crippen molar-refractivity contribution in [3.63, 3.8) is 0 Å². The van der Waals surface area contributed by atoms with E-state index in [4.69, 9.17) is 5.11 Å². The fourth-order valence-electron chi connectivity index (χ4n) is 2.56. The Labute approximate surface area is 125 Å². The van der Waals surface area contributed by atoms with Crippen LogP contribution in [-0.4, -0.2) is 10.9 Å². The third-order valence-electron chi connectivity index (χ3n) is 3.95. The van der Waals surface area contributed by atoms with Gasteiger partial charge in [-0.05, 0) is 36.6 Å². The number of carbonyl (C=O) groups is 1. The number of phenols is 1. The van der Waals surface area contributed by atoms with Gasteiger partial charge in [0.1, 0.15) is 0 Å². The zero-order chi connectivity index (χ0) is 15.4. The first-order chi connectivity index (χ1) is 9.79. The first kappa shape index (κ1) is 14.2. The number of hydrogen-bond donors (Lipinski definition) is 1. The third-order valence-corrected chi connectivity index (χ3v) is 5.19. The maximum Gasteiger partial charge on any atom is 0.187 e. The molecule has 1 heterocycles. The van der Waals surface area contributed by atoms with E-state index < -0.39 is 22.8 Å². The van der Waals surface area contributed by atoms with Crippen LogP contribution in [0.4, 0.5) is 8.78 Å². The topological polar surface area (TPSA) is 37.3 Å². The van der Waals surface area contributed by atoms with E-state index in [0.29, 0.717) is 16.0 Å².